The van der Waals surface area contributed by atoms with E-state index in [2.05, 4.69) is 4.74 Å². The van der Waals surface area contributed by atoms with E-state index in [0.29, 0.717) is 11.1 Å². The normalized spacial score (nSPS) is 22.9. The van der Waals surface area contributed by atoms with Crippen molar-refractivity contribution in [1.29, 1.82) is 0 Å². The van der Waals surface area contributed by atoms with Crippen molar-refractivity contribution >= 4 is 23.8 Å². The van der Waals surface area contributed by atoms with Crippen LogP contribution in [0.2, 0.25) is 0 Å². The van der Waals surface area contributed by atoms with Crippen molar-refractivity contribution < 1.29 is 55.4 Å². The van der Waals surface area contributed by atoms with E-state index in [0.717, 1.165) is 24.3 Å². The van der Waals surface area contributed by atoms with Crippen LogP contribution >= 0.6 is 0 Å². The lowest BCUT2D eigenvalue weighted by Crippen LogP contribution is -2.29. The largest absolute Gasteiger partial charge is 0.481 e. The Morgan fingerprint density at radius 3 is 1.39 bits per heavy atom. The number of carbonyl (C=O) groups is 4. The lowest BCUT2D eigenvalue weighted by Gasteiger charge is -2.16. The molecular formula is C27H26F6N2O6. The molecule has 14 heteroatoms. The van der Waals surface area contributed by atoms with Crippen LogP contribution in [0.4, 0.5) is 26.3 Å². The summed E-state index contributed by atoms with van der Waals surface area (Å²) in [6.45, 7) is 0.450. The monoisotopic (exact) mass is 588 g/mol. The number of aliphatic carboxylic acids is 1. The molecule has 0 spiro atoms. The van der Waals surface area contributed by atoms with Gasteiger partial charge in [0.2, 0.25) is 11.8 Å². The van der Waals surface area contributed by atoms with Gasteiger partial charge in [0.1, 0.15) is 11.8 Å². The molecule has 222 valence electrons. The molecule has 2 aromatic carbocycles. The van der Waals surface area contributed by atoms with Crippen LogP contribution in [0.1, 0.15) is 34.1 Å². The zero-order valence-corrected chi connectivity index (χ0v) is 22.0. The minimum absolute atomic E-state index is 0.182. The third kappa shape index (κ3) is 6.80. The number of benzene rings is 2. The molecule has 4 atom stereocenters. The van der Waals surface area contributed by atoms with Crippen LogP contribution in [0.5, 0.6) is 0 Å². The van der Waals surface area contributed by atoms with E-state index in [1.54, 1.807) is 7.05 Å². The van der Waals surface area contributed by atoms with E-state index in [1.165, 1.54) is 48.2 Å². The highest BCUT2D eigenvalue weighted by molar-refractivity contribution is 6.01. The van der Waals surface area contributed by atoms with Gasteiger partial charge in [-0.1, -0.05) is 24.3 Å². The Balaban J connectivity index is 0.000000226. The summed E-state index contributed by atoms with van der Waals surface area (Å²) in [4.78, 5) is 49.2. The number of carboxylic acids is 1. The number of amides is 2. The summed E-state index contributed by atoms with van der Waals surface area (Å²) in [6, 6.07) is 8.77. The van der Waals surface area contributed by atoms with Gasteiger partial charge in [-0.15, -0.1) is 0 Å². The first-order valence-corrected chi connectivity index (χ1v) is 12.1. The number of esters is 1. The standard InChI is InChI=1S/C14H14F3NO3.C13H12F3NO3/c1-18-7-10(11(12(18)19)13(20)21-2)8-3-5-9(6-4-8)14(15,16)17;1-17-6-9(10(11(17)18)12(19)20)7-2-4-8(5-3-7)13(14,15)16/h3-6,10-11H,7H2,1-2H3;2-5,9-10H,6H2,1H3,(H,19,20)/t10-,11-;9-,10-/m11/s1. The van der Waals surface area contributed by atoms with Crippen molar-refractivity contribution in [2.24, 2.45) is 11.8 Å². The molecular weight excluding hydrogens is 562 g/mol. The second-order valence-corrected chi connectivity index (χ2v) is 9.71. The fraction of sp³-hybridized carbons (Fsp3) is 0.407. The molecule has 2 aromatic rings. The van der Waals surface area contributed by atoms with Gasteiger partial charge in [-0.3, -0.25) is 19.2 Å². The Kier molecular flexibility index (Phi) is 9.04. The first kappa shape index (κ1) is 31.4. The van der Waals surface area contributed by atoms with Crippen molar-refractivity contribution in [1.82, 2.24) is 9.80 Å². The van der Waals surface area contributed by atoms with E-state index in [-0.39, 0.29) is 19.0 Å². The number of alkyl halides is 6. The summed E-state index contributed by atoms with van der Waals surface area (Å²) in [5, 5.41) is 9.09. The maximum atomic E-state index is 12.5. The van der Waals surface area contributed by atoms with Crippen molar-refractivity contribution in [3.8, 4) is 0 Å². The molecule has 2 amide bonds. The minimum atomic E-state index is -4.44. The van der Waals surface area contributed by atoms with Gasteiger partial charge in [0.25, 0.3) is 0 Å². The Morgan fingerprint density at radius 2 is 1.07 bits per heavy atom. The van der Waals surface area contributed by atoms with Crippen molar-refractivity contribution in [2.45, 2.75) is 24.2 Å². The number of methoxy groups -OCH3 is 1. The Labute approximate surface area is 230 Å². The number of carboxylic acid groups (broad SMARTS) is 1. The van der Waals surface area contributed by atoms with Gasteiger partial charge in [0.15, 0.2) is 0 Å². The Bertz CT molecular complexity index is 1290. The van der Waals surface area contributed by atoms with Gasteiger partial charge >= 0.3 is 24.3 Å². The number of nitrogens with zero attached hydrogens (tertiary/aromatic N) is 2. The molecule has 8 nitrogen and oxygen atoms in total. The molecule has 0 bridgehead atoms. The number of hydrogen-bond acceptors (Lipinski definition) is 5. The fourth-order valence-electron chi connectivity index (χ4n) is 4.90. The summed E-state index contributed by atoms with van der Waals surface area (Å²) < 4.78 is 79.7. The maximum absolute atomic E-state index is 12.5. The van der Waals surface area contributed by atoms with E-state index in [4.69, 9.17) is 5.11 Å². The molecule has 1 N–H and O–H groups in total. The zero-order chi connectivity index (χ0) is 30.9. The smallest absolute Gasteiger partial charge is 0.416 e. The second-order valence-electron chi connectivity index (χ2n) is 9.71. The molecule has 41 heavy (non-hydrogen) atoms. The number of rotatable bonds is 4. The second kappa shape index (κ2) is 11.8. The molecule has 2 heterocycles. The zero-order valence-electron chi connectivity index (χ0n) is 22.0. The van der Waals surface area contributed by atoms with Crippen molar-refractivity contribution in [3.63, 3.8) is 0 Å². The number of likely N-dealkylation sites (tertiary alicyclic amines) is 2. The lowest BCUT2D eigenvalue weighted by atomic mass is 9.88. The number of likely N-dealkylation sites (N-methyl/N-ethyl adjacent to an activating group) is 2. The van der Waals surface area contributed by atoms with Gasteiger partial charge in [-0.25, -0.2) is 0 Å². The molecule has 0 radical (unpaired) electrons. The highest BCUT2D eigenvalue weighted by Gasteiger charge is 2.46. The summed E-state index contributed by atoms with van der Waals surface area (Å²) >= 11 is 0. The van der Waals surface area contributed by atoms with E-state index in [9.17, 15) is 45.5 Å². The van der Waals surface area contributed by atoms with Gasteiger partial charge in [-0.2, -0.15) is 26.3 Å². The van der Waals surface area contributed by atoms with Gasteiger partial charge < -0.3 is 19.6 Å². The summed E-state index contributed by atoms with van der Waals surface area (Å²) in [7, 11) is 4.20. The quantitative estimate of drug-likeness (QED) is 0.329. The predicted octanol–water partition coefficient (Wildman–Crippen LogP) is 4.01. The highest BCUT2D eigenvalue weighted by atomic mass is 19.4. The van der Waals surface area contributed by atoms with Crippen LogP contribution in [0.25, 0.3) is 0 Å². The Morgan fingerprint density at radius 1 is 0.732 bits per heavy atom. The average Bonchev–Trinajstić information content (AvgIpc) is 3.37. The number of halogens is 6. The lowest BCUT2D eigenvalue weighted by molar-refractivity contribution is -0.151. The van der Waals surface area contributed by atoms with Crippen LogP contribution in [-0.4, -0.2) is 73.0 Å². The molecule has 2 aliphatic rings. The van der Waals surface area contributed by atoms with Crippen LogP contribution in [-0.2, 0) is 36.3 Å². The maximum Gasteiger partial charge on any atom is 0.416 e. The van der Waals surface area contributed by atoms with E-state index in [1.807, 2.05) is 0 Å². The topological polar surface area (TPSA) is 104 Å². The predicted molar refractivity (Wildman–Crippen MR) is 130 cm³/mol. The van der Waals surface area contributed by atoms with Crippen LogP contribution in [0.15, 0.2) is 48.5 Å². The molecule has 4 rings (SSSR count). The highest BCUT2D eigenvalue weighted by Crippen LogP contribution is 2.37. The molecule has 2 saturated heterocycles. The van der Waals surface area contributed by atoms with Crippen LogP contribution in [0, 0.1) is 11.8 Å². The fourth-order valence-corrected chi connectivity index (χ4v) is 4.90. The minimum Gasteiger partial charge on any atom is -0.481 e. The average molecular weight is 589 g/mol. The molecule has 0 unspecified atom stereocenters. The van der Waals surface area contributed by atoms with Gasteiger partial charge in [0, 0.05) is 39.0 Å². The number of ether oxygens (including phenoxy) is 1. The SMILES string of the molecule is CN1C[C@H](c2ccc(C(F)(F)F)cc2)[C@@H](C(=O)O)C1=O.COC(=O)[C@H]1C(=O)N(C)C[C@@H]1c1ccc(C(F)(F)F)cc1. The number of hydrogen-bond donors (Lipinski definition) is 1. The molecule has 0 aliphatic carbocycles. The molecule has 2 aliphatic heterocycles. The molecule has 0 aromatic heterocycles. The van der Waals surface area contributed by atoms with Gasteiger partial charge in [0.05, 0.1) is 18.2 Å². The van der Waals surface area contributed by atoms with Crippen molar-refractivity contribution in [2.75, 3.05) is 34.3 Å². The Hall–Kier alpha value is -4.10. The third-order valence-corrected chi connectivity index (χ3v) is 7.08. The van der Waals surface area contributed by atoms with Crippen LogP contribution in [0.3, 0.4) is 0 Å². The van der Waals surface area contributed by atoms with E-state index >= 15 is 0 Å². The van der Waals surface area contributed by atoms with Crippen molar-refractivity contribution in [3.05, 3.63) is 70.8 Å². The third-order valence-electron chi connectivity index (χ3n) is 7.08. The summed E-state index contributed by atoms with van der Waals surface area (Å²) in [5.74, 6) is -6.22. The molecule has 2 fully saturated rings. The van der Waals surface area contributed by atoms with Crippen LogP contribution < -0.4 is 0 Å². The summed E-state index contributed by atoms with van der Waals surface area (Å²) in [5.41, 5.74) is -0.636. The first-order chi connectivity index (χ1) is 19.0. The molecule has 0 saturated carbocycles. The summed E-state index contributed by atoms with van der Waals surface area (Å²) in [6.07, 6.45) is -8.85. The van der Waals surface area contributed by atoms with E-state index < -0.39 is 65.0 Å². The number of carbonyl (C=O) groups excluding carboxylic acids is 3. The first-order valence-electron chi connectivity index (χ1n) is 12.1. The van der Waals surface area contributed by atoms with Gasteiger partial charge in [-0.05, 0) is 35.4 Å².